The number of nitrogens with zero attached hydrogens (tertiary/aromatic N) is 3. The Labute approximate surface area is 201 Å². The number of nitrogen functional groups attached to an aromatic ring is 1. The molecule has 2 heterocycles. The number of nitrogens with one attached hydrogen (secondary N) is 1. The van der Waals surface area contributed by atoms with E-state index in [0.717, 1.165) is 42.5 Å². The molecule has 1 saturated carbocycles. The van der Waals surface area contributed by atoms with E-state index < -0.39 is 10.0 Å². The third kappa shape index (κ3) is 6.18. The average molecular weight is 488 g/mol. The summed E-state index contributed by atoms with van der Waals surface area (Å²) in [5, 5.41) is 2.82. The van der Waals surface area contributed by atoms with E-state index in [2.05, 4.69) is 17.2 Å². The van der Waals surface area contributed by atoms with E-state index in [1.807, 2.05) is 35.2 Å². The average Bonchev–Trinajstić information content (AvgIpc) is 3.58. The number of fused-ring (bicyclic) bond motifs is 1. The third-order valence-corrected chi connectivity index (χ3v) is 7.26. The number of rotatable bonds is 11. The molecule has 4 rings (SSSR count). The topological polar surface area (TPSA) is 118 Å². The maximum Gasteiger partial charge on any atom is 0.244 e. The van der Waals surface area contributed by atoms with E-state index in [1.165, 1.54) is 6.26 Å². The van der Waals surface area contributed by atoms with Crippen molar-refractivity contribution in [1.82, 2.24) is 9.29 Å². The zero-order valence-corrected chi connectivity index (χ0v) is 20.6. The van der Waals surface area contributed by atoms with Crippen LogP contribution in [0.25, 0.3) is 0 Å². The molecule has 1 aliphatic carbocycles. The summed E-state index contributed by atoms with van der Waals surface area (Å²) in [6.07, 6.45) is 5.36. The van der Waals surface area contributed by atoms with Crippen molar-refractivity contribution in [2.24, 2.45) is 5.92 Å². The molecular formula is C24H33N5O4S. The summed E-state index contributed by atoms with van der Waals surface area (Å²) < 4.78 is 31.9. The molecule has 9 nitrogen and oxygen atoms in total. The fourth-order valence-electron chi connectivity index (χ4n) is 4.03. The van der Waals surface area contributed by atoms with Crippen molar-refractivity contribution in [2.45, 2.75) is 45.7 Å². The van der Waals surface area contributed by atoms with Crippen LogP contribution >= 0.6 is 0 Å². The molecule has 0 saturated heterocycles. The molecule has 0 bridgehead atoms. The van der Waals surface area contributed by atoms with Crippen molar-refractivity contribution in [3.8, 4) is 5.88 Å². The van der Waals surface area contributed by atoms with E-state index in [9.17, 15) is 13.2 Å². The molecule has 0 unspecified atom stereocenters. The minimum atomic E-state index is -3.29. The lowest BCUT2D eigenvalue weighted by molar-refractivity contribution is -0.115. The number of carbonyl (C=O) groups is 1. The summed E-state index contributed by atoms with van der Waals surface area (Å²) >= 11 is 0. The fourth-order valence-corrected chi connectivity index (χ4v) is 4.90. The highest BCUT2D eigenvalue weighted by Crippen LogP contribution is 2.37. The summed E-state index contributed by atoms with van der Waals surface area (Å²) in [7, 11) is -3.29. The van der Waals surface area contributed by atoms with Crippen LogP contribution in [0.3, 0.4) is 0 Å². The van der Waals surface area contributed by atoms with E-state index in [4.69, 9.17) is 10.5 Å². The van der Waals surface area contributed by atoms with Crippen molar-refractivity contribution in [2.75, 3.05) is 41.9 Å². The number of sulfonamides is 1. The second-order valence-electron chi connectivity index (χ2n) is 9.16. The first-order valence-corrected chi connectivity index (χ1v) is 13.6. The Morgan fingerprint density at radius 1 is 1.26 bits per heavy atom. The number of hydrogen-bond donors (Lipinski definition) is 2. The van der Waals surface area contributed by atoms with Crippen molar-refractivity contribution in [3.63, 3.8) is 0 Å². The number of pyridine rings is 1. The van der Waals surface area contributed by atoms with Gasteiger partial charge in [-0.05, 0) is 36.3 Å². The normalized spacial score (nSPS) is 15.9. The van der Waals surface area contributed by atoms with Crippen LogP contribution in [0.2, 0.25) is 0 Å². The Balaban J connectivity index is 1.54. The van der Waals surface area contributed by atoms with Crippen LogP contribution in [0.15, 0.2) is 30.3 Å². The van der Waals surface area contributed by atoms with E-state index in [-0.39, 0.29) is 18.3 Å². The summed E-state index contributed by atoms with van der Waals surface area (Å²) in [5.74, 6) is 0.960. The molecule has 2 aliphatic rings. The highest BCUT2D eigenvalue weighted by atomic mass is 32.2. The molecule has 1 aromatic carbocycles. The van der Waals surface area contributed by atoms with Crippen molar-refractivity contribution in [1.29, 1.82) is 0 Å². The van der Waals surface area contributed by atoms with Crippen LogP contribution in [0.5, 0.6) is 5.88 Å². The Kier molecular flexibility index (Phi) is 7.27. The van der Waals surface area contributed by atoms with Gasteiger partial charge in [0.15, 0.2) is 5.82 Å². The zero-order valence-electron chi connectivity index (χ0n) is 19.8. The first kappa shape index (κ1) is 24.3. The standard InChI is InChI=1S/C24H33N5O4S/c1-3-4-10-33-22-12-20-23(24(25)27-22)26-21(30)16-28(20)13-18-6-5-7-19(11-18)15-29(34(2,31)32)14-17-8-9-17/h5-7,11-12,17H,3-4,8-10,13-16H2,1-2H3,(H2,25,27)(H,26,30). The summed E-state index contributed by atoms with van der Waals surface area (Å²) in [6, 6.07) is 9.65. The molecule has 1 aromatic heterocycles. The summed E-state index contributed by atoms with van der Waals surface area (Å²) in [4.78, 5) is 18.6. The molecule has 3 N–H and O–H groups in total. The van der Waals surface area contributed by atoms with Gasteiger partial charge < -0.3 is 20.7 Å². The third-order valence-electron chi connectivity index (χ3n) is 6.04. The largest absolute Gasteiger partial charge is 0.478 e. The van der Waals surface area contributed by atoms with Gasteiger partial charge in [0.05, 0.1) is 25.1 Å². The number of carbonyl (C=O) groups excluding carboxylic acids is 1. The lowest BCUT2D eigenvalue weighted by Gasteiger charge is -2.32. The summed E-state index contributed by atoms with van der Waals surface area (Å²) in [6.45, 7) is 4.18. The van der Waals surface area contributed by atoms with Gasteiger partial charge in [-0.3, -0.25) is 4.79 Å². The molecule has 10 heteroatoms. The number of hydrogen-bond acceptors (Lipinski definition) is 7. The Hall–Kier alpha value is -2.85. The monoisotopic (exact) mass is 487 g/mol. The zero-order chi connectivity index (χ0) is 24.3. The van der Waals surface area contributed by atoms with Crippen LogP contribution < -0.4 is 20.7 Å². The predicted octanol–water partition coefficient (Wildman–Crippen LogP) is 2.97. The van der Waals surface area contributed by atoms with Crippen LogP contribution in [0.1, 0.15) is 43.7 Å². The molecule has 34 heavy (non-hydrogen) atoms. The van der Waals surface area contributed by atoms with Crippen molar-refractivity contribution < 1.29 is 17.9 Å². The van der Waals surface area contributed by atoms with Gasteiger partial charge in [0.2, 0.25) is 21.8 Å². The van der Waals surface area contributed by atoms with Crippen LogP contribution in [0, 0.1) is 5.92 Å². The van der Waals surface area contributed by atoms with Gasteiger partial charge in [0.25, 0.3) is 0 Å². The van der Waals surface area contributed by atoms with Crippen molar-refractivity contribution in [3.05, 3.63) is 41.5 Å². The van der Waals surface area contributed by atoms with Crippen LogP contribution in [-0.2, 0) is 27.9 Å². The molecule has 1 amide bonds. The summed E-state index contributed by atoms with van der Waals surface area (Å²) in [5.41, 5.74) is 9.28. The molecule has 0 spiro atoms. The second-order valence-corrected chi connectivity index (χ2v) is 11.1. The number of anilines is 3. The number of ether oxygens (including phenoxy) is 1. The number of aromatic nitrogens is 1. The Morgan fingerprint density at radius 2 is 2.03 bits per heavy atom. The Morgan fingerprint density at radius 3 is 2.74 bits per heavy atom. The maximum absolute atomic E-state index is 12.4. The van der Waals surface area contributed by atoms with Crippen molar-refractivity contribution >= 4 is 33.1 Å². The maximum atomic E-state index is 12.4. The molecular weight excluding hydrogens is 454 g/mol. The minimum Gasteiger partial charge on any atom is -0.478 e. The second kappa shape index (κ2) is 10.2. The van der Waals surface area contributed by atoms with Gasteiger partial charge >= 0.3 is 0 Å². The smallest absolute Gasteiger partial charge is 0.244 e. The molecule has 1 fully saturated rings. The number of amides is 1. The van der Waals surface area contributed by atoms with E-state index in [1.54, 1.807) is 4.31 Å². The number of unbranched alkanes of at least 4 members (excludes halogenated alkanes) is 1. The molecule has 2 aromatic rings. The first-order chi connectivity index (χ1) is 16.2. The SMILES string of the molecule is CCCCOc1cc2c(c(N)n1)NC(=O)CN2Cc1cccc(CN(CC2CC2)S(C)(=O)=O)c1. The predicted molar refractivity (Wildman–Crippen MR) is 133 cm³/mol. The molecule has 0 atom stereocenters. The van der Waals surface area contributed by atoms with E-state index in [0.29, 0.717) is 43.7 Å². The number of nitrogens with two attached hydrogens (primary N) is 1. The number of benzene rings is 1. The molecule has 0 radical (unpaired) electrons. The minimum absolute atomic E-state index is 0.163. The lowest BCUT2D eigenvalue weighted by atomic mass is 10.1. The van der Waals surface area contributed by atoms with Crippen LogP contribution in [-0.4, -0.2) is 49.6 Å². The van der Waals surface area contributed by atoms with Gasteiger partial charge in [-0.15, -0.1) is 0 Å². The van der Waals surface area contributed by atoms with E-state index >= 15 is 0 Å². The van der Waals surface area contributed by atoms with Gasteiger partial charge in [-0.2, -0.15) is 9.29 Å². The van der Waals surface area contributed by atoms with Gasteiger partial charge in [-0.1, -0.05) is 37.6 Å². The van der Waals surface area contributed by atoms with Gasteiger partial charge in [-0.25, -0.2) is 8.42 Å². The van der Waals surface area contributed by atoms with Gasteiger partial charge in [0.1, 0.15) is 5.69 Å². The van der Waals surface area contributed by atoms with Gasteiger partial charge in [0, 0.05) is 25.7 Å². The molecule has 1 aliphatic heterocycles. The Bertz CT molecular complexity index is 1150. The highest BCUT2D eigenvalue weighted by molar-refractivity contribution is 7.88. The fraction of sp³-hybridized carbons (Fsp3) is 0.500. The molecule has 184 valence electrons. The van der Waals surface area contributed by atoms with Crippen LogP contribution in [0.4, 0.5) is 17.2 Å². The lowest BCUT2D eigenvalue weighted by Crippen LogP contribution is -2.38. The quantitative estimate of drug-likeness (QED) is 0.468. The highest BCUT2D eigenvalue weighted by Gasteiger charge is 2.29. The first-order valence-electron chi connectivity index (χ1n) is 11.7.